The van der Waals surface area contributed by atoms with Crippen molar-refractivity contribution in [1.29, 1.82) is 0 Å². The monoisotopic (exact) mass is 253 g/mol. The number of rotatable bonds is 8. The smallest absolute Gasteiger partial charge is 0.411 e. The van der Waals surface area contributed by atoms with Crippen LogP contribution in [-0.4, -0.2) is 55.0 Å². The van der Waals surface area contributed by atoms with Gasteiger partial charge in [-0.05, 0) is 6.42 Å². The third-order valence-corrected chi connectivity index (χ3v) is 1.70. The SMILES string of the molecule is C#CCN(CCCOCC(F)(F)F)CC(=O)O. The molecule has 0 aromatic heterocycles. The number of carboxylic acid groups (broad SMARTS) is 1. The van der Waals surface area contributed by atoms with E-state index in [1.807, 2.05) is 0 Å². The van der Waals surface area contributed by atoms with Crippen molar-refractivity contribution in [2.24, 2.45) is 0 Å². The normalized spacial score (nSPS) is 11.5. The molecule has 0 bridgehead atoms. The molecular formula is C10H14F3NO3. The Balaban J connectivity index is 3.68. The maximum atomic E-state index is 11.7. The summed E-state index contributed by atoms with van der Waals surface area (Å²) in [5.74, 6) is 1.25. The topological polar surface area (TPSA) is 49.8 Å². The molecule has 0 aromatic carbocycles. The first-order valence-corrected chi connectivity index (χ1v) is 4.87. The third kappa shape index (κ3) is 11.0. The van der Waals surface area contributed by atoms with Gasteiger partial charge in [-0.15, -0.1) is 6.42 Å². The van der Waals surface area contributed by atoms with Crippen LogP contribution >= 0.6 is 0 Å². The van der Waals surface area contributed by atoms with Gasteiger partial charge < -0.3 is 9.84 Å². The molecule has 0 aliphatic carbocycles. The number of nitrogens with zero attached hydrogens (tertiary/aromatic N) is 1. The summed E-state index contributed by atoms with van der Waals surface area (Å²) in [7, 11) is 0. The molecule has 0 aromatic rings. The van der Waals surface area contributed by atoms with Crippen LogP contribution in [0, 0.1) is 12.3 Å². The van der Waals surface area contributed by atoms with Crippen LogP contribution in [0.5, 0.6) is 0 Å². The second kappa shape index (κ2) is 7.92. The van der Waals surface area contributed by atoms with Crippen molar-refractivity contribution in [2.75, 3.05) is 32.8 Å². The standard InChI is InChI=1S/C10H14F3NO3/c1-2-4-14(7-9(15)16)5-3-6-17-8-10(11,12)13/h1H,3-8H2,(H,15,16). The van der Waals surface area contributed by atoms with Crippen molar-refractivity contribution in [3.8, 4) is 12.3 Å². The quantitative estimate of drug-likeness (QED) is 0.517. The van der Waals surface area contributed by atoms with E-state index in [-0.39, 0.29) is 26.2 Å². The number of halogens is 3. The van der Waals surface area contributed by atoms with Crippen LogP contribution in [-0.2, 0) is 9.53 Å². The largest absolute Gasteiger partial charge is 0.480 e. The number of terminal acetylenes is 1. The van der Waals surface area contributed by atoms with E-state index in [9.17, 15) is 18.0 Å². The van der Waals surface area contributed by atoms with Gasteiger partial charge in [0, 0.05) is 13.2 Å². The molecule has 0 aliphatic rings. The Morgan fingerprint density at radius 2 is 2.12 bits per heavy atom. The Morgan fingerprint density at radius 3 is 2.59 bits per heavy atom. The van der Waals surface area contributed by atoms with Gasteiger partial charge in [0.05, 0.1) is 13.1 Å². The highest BCUT2D eigenvalue weighted by Crippen LogP contribution is 2.14. The predicted octanol–water partition coefficient (Wildman–Crippen LogP) is 0.975. The minimum Gasteiger partial charge on any atom is -0.480 e. The highest BCUT2D eigenvalue weighted by molar-refractivity contribution is 5.69. The van der Waals surface area contributed by atoms with Crippen molar-refractivity contribution < 1.29 is 27.8 Å². The van der Waals surface area contributed by atoms with Gasteiger partial charge in [-0.3, -0.25) is 9.69 Å². The summed E-state index contributed by atoms with van der Waals surface area (Å²) in [4.78, 5) is 11.9. The van der Waals surface area contributed by atoms with Gasteiger partial charge in [0.1, 0.15) is 6.61 Å². The van der Waals surface area contributed by atoms with Gasteiger partial charge >= 0.3 is 12.1 Å². The molecular weight excluding hydrogens is 239 g/mol. The van der Waals surface area contributed by atoms with Crippen molar-refractivity contribution in [3.05, 3.63) is 0 Å². The fourth-order valence-corrected chi connectivity index (χ4v) is 1.11. The number of carboxylic acids is 1. The number of hydrogen-bond acceptors (Lipinski definition) is 3. The summed E-state index contributed by atoms with van der Waals surface area (Å²) in [6.45, 7) is -1.18. The zero-order chi connectivity index (χ0) is 13.3. The maximum Gasteiger partial charge on any atom is 0.411 e. The molecule has 0 saturated carbocycles. The van der Waals surface area contributed by atoms with Gasteiger partial charge in [-0.1, -0.05) is 5.92 Å². The second-order valence-corrected chi connectivity index (χ2v) is 3.33. The van der Waals surface area contributed by atoms with Crippen molar-refractivity contribution in [2.45, 2.75) is 12.6 Å². The first-order valence-electron chi connectivity index (χ1n) is 4.87. The van der Waals surface area contributed by atoms with Crippen LogP contribution in [0.3, 0.4) is 0 Å². The minimum absolute atomic E-state index is 0.0831. The summed E-state index contributed by atoms with van der Waals surface area (Å²) < 4.78 is 39.5. The lowest BCUT2D eigenvalue weighted by Gasteiger charge is -2.17. The number of ether oxygens (including phenoxy) is 1. The van der Waals surface area contributed by atoms with E-state index in [0.29, 0.717) is 6.42 Å². The number of carbonyl (C=O) groups is 1. The van der Waals surface area contributed by atoms with Crippen molar-refractivity contribution in [3.63, 3.8) is 0 Å². The number of hydrogen-bond donors (Lipinski definition) is 1. The van der Waals surface area contributed by atoms with E-state index >= 15 is 0 Å². The Hall–Kier alpha value is -1.26. The van der Waals surface area contributed by atoms with Gasteiger partial charge in [-0.25, -0.2) is 0 Å². The Bertz CT molecular complexity index is 273. The molecule has 0 atom stereocenters. The number of aliphatic carboxylic acids is 1. The molecule has 98 valence electrons. The van der Waals surface area contributed by atoms with Crippen LogP contribution < -0.4 is 0 Å². The Morgan fingerprint density at radius 1 is 1.47 bits per heavy atom. The molecule has 0 amide bonds. The zero-order valence-electron chi connectivity index (χ0n) is 9.16. The van der Waals surface area contributed by atoms with Crippen LogP contribution in [0.25, 0.3) is 0 Å². The van der Waals surface area contributed by atoms with Gasteiger partial charge in [-0.2, -0.15) is 13.2 Å². The molecule has 1 N–H and O–H groups in total. The molecule has 0 saturated heterocycles. The zero-order valence-corrected chi connectivity index (χ0v) is 9.16. The molecule has 0 radical (unpaired) electrons. The lowest BCUT2D eigenvalue weighted by molar-refractivity contribution is -0.174. The first kappa shape index (κ1) is 15.7. The van der Waals surface area contributed by atoms with Crippen molar-refractivity contribution >= 4 is 5.97 Å². The Kier molecular flexibility index (Phi) is 7.34. The molecule has 0 spiro atoms. The average Bonchev–Trinajstić information content (AvgIpc) is 2.14. The van der Waals surface area contributed by atoms with E-state index in [1.54, 1.807) is 0 Å². The summed E-state index contributed by atoms with van der Waals surface area (Å²) in [5.41, 5.74) is 0. The lowest BCUT2D eigenvalue weighted by Crippen LogP contribution is -2.31. The minimum atomic E-state index is -4.33. The van der Waals surface area contributed by atoms with Gasteiger partial charge in [0.2, 0.25) is 0 Å². The highest BCUT2D eigenvalue weighted by atomic mass is 19.4. The fourth-order valence-electron chi connectivity index (χ4n) is 1.11. The van der Waals surface area contributed by atoms with Crippen LogP contribution in [0.4, 0.5) is 13.2 Å². The molecule has 7 heteroatoms. The molecule has 0 heterocycles. The molecule has 17 heavy (non-hydrogen) atoms. The van der Waals surface area contributed by atoms with Gasteiger partial charge in [0.15, 0.2) is 0 Å². The molecule has 0 fully saturated rings. The Labute approximate surface area is 97.3 Å². The third-order valence-electron chi connectivity index (χ3n) is 1.70. The van der Waals surface area contributed by atoms with Crippen LogP contribution in [0.15, 0.2) is 0 Å². The lowest BCUT2D eigenvalue weighted by atomic mass is 10.3. The highest BCUT2D eigenvalue weighted by Gasteiger charge is 2.27. The number of alkyl halides is 3. The summed E-state index contributed by atoms with van der Waals surface area (Å²) in [6, 6.07) is 0. The van der Waals surface area contributed by atoms with Crippen molar-refractivity contribution in [1.82, 2.24) is 4.90 Å². The van der Waals surface area contributed by atoms with E-state index in [2.05, 4.69) is 10.7 Å². The van der Waals surface area contributed by atoms with E-state index in [4.69, 9.17) is 11.5 Å². The fraction of sp³-hybridized carbons (Fsp3) is 0.700. The first-order chi connectivity index (χ1) is 7.85. The molecule has 0 unspecified atom stereocenters. The van der Waals surface area contributed by atoms with E-state index < -0.39 is 18.8 Å². The summed E-state index contributed by atoms with van der Waals surface area (Å²) in [6.07, 6.45) is 0.991. The van der Waals surface area contributed by atoms with Crippen LogP contribution in [0.2, 0.25) is 0 Å². The predicted molar refractivity (Wildman–Crippen MR) is 54.4 cm³/mol. The molecule has 0 aliphatic heterocycles. The maximum absolute atomic E-state index is 11.7. The summed E-state index contributed by atoms with van der Waals surface area (Å²) >= 11 is 0. The van der Waals surface area contributed by atoms with E-state index in [0.717, 1.165) is 0 Å². The molecule has 0 rings (SSSR count). The van der Waals surface area contributed by atoms with E-state index in [1.165, 1.54) is 4.90 Å². The average molecular weight is 253 g/mol. The molecule has 4 nitrogen and oxygen atoms in total. The van der Waals surface area contributed by atoms with Crippen LogP contribution in [0.1, 0.15) is 6.42 Å². The second-order valence-electron chi connectivity index (χ2n) is 3.33. The van der Waals surface area contributed by atoms with Gasteiger partial charge in [0.25, 0.3) is 0 Å². The summed E-state index contributed by atoms with van der Waals surface area (Å²) in [5, 5.41) is 8.53.